The van der Waals surface area contributed by atoms with Crippen molar-refractivity contribution < 1.29 is 4.74 Å². The van der Waals surface area contributed by atoms with Crippen LogP contribution in [0.3, 0.4) is 0 Å². The molecule has 1 unspecified atom stereocenters. The maximum absolute atomic E-state index is 5.79. The van der Waals surface area contributed by atoms with Crippen molar-refractivity contribution in [3.8, 4) is 5.75 Å². The predicted molar refractivity (Wildman–Crippen MR) is 94.8 cm³/mol. The van der Waals surface area contributed by atoms with Gasteiger partial charge in [-0.1, -0.05) is 25.1 Å². The summed E-state index contributed by atoms with van der Waals surface area (Å²) < 4.78 is 7.10. The molecule has 0 aliphatic rings. The van der Waals surface area contributed by atoms with Gasteiger partial charge in [-0.15, -0.1) is 11.3 Å². The Labute approximate surface area is 138 Å². The van der Waals surface area contributed by atoms with E-state index in [1.165, 1.54) is 14.0 Å². The number of hydrogen-bond donors (Lipinski definition) is 1. The molecule has 0 saturated carbocycles. The van der Waals surface area contributed by atoms with E-state index in [0.717, 1.165) is 18.7 Å². The van der Waals surface area contributed by atoms with Crippen LogP contribution in [0.25, 0.3) is 0 Å². The third-order valence-corrected chi connectivity index (χ3v) is 4.86. The van der Waals surface area contributed by atoms with Gasteiger partial charge in [0.1, 0.15) is 5.75 Å². The maximum Gasteiger partial charge on any atom is 0.124 e. The SMILES string of the molecule is CCCNC(c1csc(I)c1)c1ccccc1OCC. The molecule has 0 fully saturated rings. The van der Waals surface area contributed by atoms with Crippen molar-refractivity contribution in [1.29, 1.82) is 0 Å². The average molecular weight is 401 g/mol. The molecule has 2 rings (SSSR count). The second-order valence-corrected chi connectivity index (χ2v) is 7.35. The lowest BCUT2D eigenvalue weighted by molar-refractivity contribution is 0.333. The first kappa shape index (κ1) is 15.8. The van der Waals surface area contributed by atoms with E-state index in [1.54, 1.807) is 11.3 Å². The lowest BCUT2D eigenvalue weighted by atomic mass is 10.00. The molecule has 1 N–H and O–H groups in total. The number of halogens is 1. The van der Waals surface area contributed by atoms with E-state index in [1.807, 2.05) is 13.0 Å². The molecule has 1 atom stereocenters. The zero-order valence-electron chi connectivity index (χ0n) is 11.9. The number of hydrogen-bond acceptors (Lipinski definition) is 3. The van der Waals surface area contributed by atoms with Crippen LogP contribution in [0.2, 0.25) is 0 Å². The van der Waals surface area contributed by atoms with Gasteiger partial charge in [0, 0.05) is 5.56 Å². The second kappa shape index (κ2) is 8.00. The van der Waals surface area contributed by atoms with E-state index in [2.05, 4.69) is 64.5 Å². The summed E-state index contributed by atoms with van der Waals surface area (Å²) in [6.45, 7) is 5.91. The maximum atomic E-state index is 5.79. The Balaban J connectivity index is 2.35. The van der Waals surface area contributed by atoms with Gasteiger partial charge < -0.3 is 10.1 Å². The molecule has 1 aromatic heterocycles. The summed E-state index contributed by atoms with van der Waals surface area (Å²) >= 11 is 4.16. The van der Waals surface area contributed by atoms with Gasteiger partial charge in [0.2, 0.25) is 0 Å². The van der Waals surface area contributed by atoms with Gasteiger partial charge in [0.05, 0.1) is 15.5 Å². The number of rotatable bonds is 7. The lowest BCUT2D eigenvalue weighted by Crippen LogP contribution is -2.23. The normalized spacial score (nSPS) is 12.3. The Kier molecular flexibility index (Phi) is 6.32. The highest BCUT2D eigenvalue weighted by Gasteiger charge is 2.18. The number of ether oxygens (including phenoxy) is 1. The van der Waals surface area contributed by atoms with Gasteiger partial charge >= 0.3 is 0 Å². The van der Waals surface area contributed by atoms with Crippen LogP contribution < -0.4 is 10.1 Å². The number of nitrogens with one attached hydrogen (secondary N) is 1. The Morgan fingerprint density at radius 1 is 1.30 bits per heavy atom. The minimum Gasteiger partial charge on any atom is -0.494 e. The quantitative estimate of drug-likeness (QED) is 0.671. The molecule has 0 amide bonds. The molecule has 0 aliphatic carbocycles. The van der Waals surface area contributed by atoms with E-state index in [9.17, 15) is 0 Å². The van der Waals surface area contributed by atoms with Crippen LogP contribution in [0.5, 0.6) is 5.75 Å². The predicted octanol–water partition coefficient (Wildman–Crippen LogP) is 4.84. The second-order valence-electron chi connectivity index (χ2n) is 4.54. The van der Waals surface area contributed by atoms with Gasteiger partial charge in [-0.2, -0.15) is 0 Å². The summed E-state index contributed by atoms with van der Waals surface area (Å²) in [7, 11) is 0. The Hall–Kier alpha value is -0.590. The van der Waals surface area contributed by atoms with Crippen LogP contribution in [0.1, 0.15) is 37.4 Å². The summed E-state index contributed by atoms with van der Waals surface area (Å²) in [6.07, 6.45) is 1.12. The van der Waals surface area contributed by atoms with Crippen molar-refractivity contribution in [2.45, 2.75) is 26.3 Å². The smallest absolute Gasteiger partial charge is 0.124 e. The van der Waals surface area contributed by atoms with Gasteiger partial charge in [-0.3, -0.25) is 0 Å². The van der Waals surface area contributed by atoms with Crippen LogP contribution >= 0.6 is 33.9 Å². The lowest BCUT2D eigenvalue weighted by Gasteiger charge is -2.21. The first-order chi connectivity index (χ1) is 9.76. The Morgan fingerprint density at radius 3 is 2.75 bits per heavy atom. The first-order valence-corrected chi connectivity index (χ1v) is 8.91. The molecule has 1 heterocycles. The van der Waals surface area contributed by atoms with Crippen LogP contribution in [-0.4, -0.2) is 13.2 Å². The number of para-hydroxylation sites is 1. The minimum absolute atomic E-state index is 0.206. The molecule has 108 valence electrons. The molecule has 0 aliphatic heterocycles. The van der Waals surface area contributed by atoms with E-state index in [0.29, 0.717) is 6.61 Å². The van der Waals surface area contributed by atoms with Gasteiger partial charge in [0.25, 0.3) is 0 Å². The van der Waals surface area contributed by atoms with E-state index in [4.69, 9.17) is 4.74 Å². The van der Waals surface area contributed by atoms with Gasteiger partial charge in [-0.25, -0.2) is 0 Å². The highest BCUT2D eigenvalue weighted by atomic mass is 127. The molecule has 0 bridgehead atoms. The third-order valence-electron chi connectivity index (χ3n) is 3.05. The van der Waals surface area contributed by atoms with Crippen molar-refractivity contribution in [3.63, 3.8) is 0 Å². The summed E-state index contributed by atoms with van der Waals surface area (Å²) in [6, 6.07) is 10.8. The molecule has 0 spiro atoms. The largest absolute Gasteiger partial charge is 0.494 e. The monoisotopic (exact) mass is 401 g/mol. The molecule has 20 heavy (non-hydrogen) atoms. The standard InChI is InChI=1S/C16H20INOS/c1-3-9-18-16(12-10-15(17)20-11-12)13-7-5-6-8-14(13)19-4-2/h5-8,10-11,16,18H,3-4,9H2,1-2H3. The van der Waals surface area contributed by atoms with Crippen molar-refractivity contribution in [1.82, 2.24) is 5.32 Å². The zero-order valence-corrected chi connectivity index (χ0v) is 14.8. The minimum atomic E-state index is 0.206. The van der Waals surface area contributed by atoms with E-state index in [-0.39, 0.29) is 6.04 Å². The zero-order chi connectivity index (χ0) is 14.4. The summed E-state index contributed by atoms with van der Waals surface area (Å²) in [5.41, 5.74) is 2.54. The van der Waals surface area contributed by atoms with Gasteiger partial charge in [0.15, 0.2) is 0 Å². The van der Waals surface area contributed by atoms with Gasteiger partial charge in [-0.05, 0) is 65.6 Å². The van der Waals surface area contributed by atoms with Crippen molar-refractivity contribution in [2.24, 2.45) is 0 Å². The molecular formula is C16H20INOS. The van der Waals surface area contributed by atoms with Crippen LogP contribution in [-0.2, 0) is 0 Å². The number of benzene rings is 1. The molecule has 2 aromatic rings. The molecule has 2 nitrogen and oxygen atoms in total. The van der Waals surface area contributed by atoms with Crippen molar-refractivity contribution >= 4 is 33.9 Å². The molecule has 0 radical (unpaired) electrons. The fourth-order valence-corrected chi connectivity index (χ4v) is 3.57. The molecule has 4 heteroatoms. The average Bonchev–Trinajstić information content (AvgIpc) is 2.88. The molecule has 1 aromatic carbocycles. The first-order valence-electron chi connectivity index (χ1n) is 6.95. The van der Waals surface area contributed by atoms with Crippen LogP contribution in [0.4, 0.5) is 0 Å². The van der Waals surface area contributed by atoms with E-state index < -0.39 is 0 Å². The Morgan fingerprint density at radius 2 is 2.10 bits per heavy atom. The number of thiophene rings is 1. The van der Waals surface area contributed by atoms with Crippen molar-refractivity contribution in [2.75, 3.05) is 13.2 Å². The fraction of sp³-hybridized carbons (Fsp3) is 0.375. The highest BCUT2D eigenvalue weighted by molar-refractivity contribution is 14.1. The van der Waals surface area contributed by atoms with Crippen LogP contribution in [0.15, 0.2) is 35.7 Å². The summed E-state index contributed by atoms with van der Waals surface area (Å²) in [5.74, 6) is 0.977. The third kappa shape index (κ3) is 3.96. The fourth-order valence-electron chi connectivity index (χ4n) is 2.18. The van der Waals surface area contributed by atoms with Crippen molar-refractivity contribution in [3.05, 3.63) is 49.7 Å². The topological polar surface area (TPSA) is 21.3 Å². The molecule has 0 saturated heterocycles. The van der Waals surface area contributed by atoms with E-state index >= 15 is 0 Å². The Bertz CT molecular complexity index is 541. The van der Waals surface area contributed by atoms with Crippen LogP contribution in [0, 0.1) is 2.88 Å². The molecular weight excluding hydrogens is 381 g/mol. The summed E-state index contributed by atoms with van der Waals surface area (Å²) in [5, 5.41) is 5.87. The highest BCUT2D eigenvalue weighted by Crippen LogP contribution is 2.32. The summed E-state index contributed by atoms with van der Waals surface area (Å²) in [4.78, 5) is 0.